The van der Waals surface area contributed by atoms with Crippen LogP contribution in [0.15, 0.2) is 24.3 Å². The third-order valence-corrected chi connectivity index (χ3v) is 7.34. The number of likely N-dealkylation sites (tertiary alicyclic amines) is 2. The Labute approximate surface area is 166 Å². The molecule has 1 N–H and O–H groups in total. The highest BCUT2D eigenvalue weighted by Crippen LogP contribution is 2.40. The van der Waals surface area contributed by atoms with Gasteiger partial charge in [0.25, 0.3) is 0 Å². The van der Waals surface area contributed by atoms with Crippen LogP contribution in [-0.2, 0) is 0 Å². The van der Waals surface area contributed by atoms with E-state index in [0.29, 0.717) is 0 Å². The molecule has 4 rings (SSSR count). The number of piperidine rings is 1. The molecule has 2 heterocycles. The Balaban J connectivity index is 1.45. The number of nitrogens with zero attached hydrogens (tertiary/aromatic N) is 2. The fraction of sp³-hybridized carbons (Fsp3) is 0.739. The van der Waals surface area contributed by atoms with Crippen LogP contribution in [0, 0.1) is 0 Å². The summed E-state index contributed by atoms with van der Waals surface area (Å²) in [7, 11) is 6.09. The van der Waals surface area contributed by atoms with Crippen LogP contribution in [0.25, 0.3) is 0 Å². The van der Waals surface area contributed by atoms with Crippen molar-refractivity contribution < 1.29 is 5.11 Å². The predicted octanol–water partition coefficient (Wildman–Crippen LogP) is 2.82. The maximum Gasteiger partial charge on any atom is 0.113 e. The molecular weight excluding hydrogens is 331 g/mol. The van der Waals surface area contributed by atoms with Crippen molar-refractivity contribution in [3.05, 3.63) is 29.8 Å². The van der Waals surface area contributed by atoms with E-state index in [1.807, 2.05) is 12.1 Å². The standard InChI is InChI=1S/C23H35BN2O/c24-20-8-6-7-19(17-20)22(23(27)11-2-1-3-12-23)18-25-15-9-21(10-16-25)26-13-4-5-14-26/h6-8,17,21-22,27H,1-5,9-16,18H2. The molecule has 1 aromatic carbocycles. The second kappa shape index (κ2) is 8.67. The first-order chi connectivity index (χ1) is 13.1. The van der Waals surface area contributed by atoms with Crippen molar-refractivity contribution in [3.63, 3.8) is 0 Å². The predicted molar refractivity (Wildman–Crippen MR) is 113 cm³/mol. The summed E-state index contributed by atoms with van der Waals surface area (Å²) in [5.74, 6) is 0.171. The van der Waals surface area contributed by atoms with E-state index in [1.54, 1.807) is 0 Å². The number of hydrogen-bond donors (Lipinski definition) is 1. The fourth-order valence-electron chi connectivity index (χ4n) is 5.71. The molecule has 1 aliphatic carbocycles. The van der Waals surface area contributed by atoms with E-state index in [9.17, 15) is 5.11 Å². The second-order valence-corrected chi connectivity index (χ2v) is 9.16. The summed E-state index contributed by atoms with van der Waals surface area (Å²) in [6, 6.07) is 9.04. The van der Waals surface area contributed by atoms with Gasteiger partial charge in [0.1, 0.15) is 7.85 Å². The van der Waals surface area contributed by atoms with Crippen LogP contribution in [0.1, 0.15) is 69.3 Å². The van der Waals surface area contributed by atoms with Crippen molar-refractivity contribution in [3.8, 4) is 0 Å². The lowest BCUT2D eigenvalue weighted by Crippen LogP contribution is -2.48. The lowest BCUT2D eigenvalue weighted by molar-refractivity contribution is -0.0338. The van der Waals surface area contributed by atoms with E-state index < -0.39 is 5.60 Å². The average Bonchev–Trinajstić information content (AvgIpc) is 3.22. The quantitative estimate of drug-likeness (QED) is 0.812. The zero-order valence-corrected chi connectivity index (χ0v) is 16.8. The minimum absolute atomic E-state index is 0.171. The Morgan fingerprint density at radius 3 is 2.37 bits per heavy atom. The van der Waals surface area contributed by atoms with Gasteiger partial charge in [0, 0.05) is 18.5 Å². The zero-order chi connectivity index (χ0) is 18.7. The molecule has 2 radical (unpaired) electrons. The molecule has 146 valence electrons. The molecule has 0 aromatic heterocycles. The number of hydrogen-bond acceptors (Lipinski definition) is 3. The first-order valence-electron chi connectivity index (χ1n) is 11.2. The molecular formula is C23H35BN2O. The highest BCUT2D eigenvalue weighted by atomic mass is 16.3. The smallest absolute Gasteiger partial charge is 0.113 e. The minimum atomic E-state index is -0.572. The third-order valence-electron chi connectivity index (χ3n) is 7.34. The molecule has 3 fully saturated rings. The Morgan fingerprint density at radius 2 is 1.70 bits per heavy atom. The van der Waals surface area contributed by atoms with Crippen molar-refractivity contribution in [1.29, 1.82) is 0 Å². The maximum absolute atomic E-state index is 11.6. The normalized spacial score (nSPS) is 26.3. The molecule has 2 aliphatic heterocycles. The highest BCUT2D eigenvalue weighted by molar-refractivity contribution is 6.32. The van der Waals surface area contributed by atoms with Crippen LogP contribution in [0.3, 0.4) is 0 Å². The van der Waals surface area contributed by atoms with E-state index in [1.165, 1.54) is 50.8 Å². The van der Waals surface area contributed by atoms with Crippen LogP contribution in [0.2, 0.25) is 0 Å². The molecule has 1 saturated carbocycles. The summed E-state index contributed by atoms with van der Waals surface area (Å²) in [4.78, 5) is 5.31. The van der Waals surface area contributed by atoms with Gasteiger partial charge in [0.2, 0.25) is 0 Å². The van der Waals surface area contributed by atoms with Gasteiger partial charge in [0.15, 0.2) is 0 Å². The summed E-state index contributed by atoms with van der Waals surface area (Å²) < 4.78 is 0. The zero-order valence-electron chi connectivity index (χ0n) is 16.8. The van der Waals surface area contributed by atoms with Gasteiger partial charge in [-0.05, 0) is 70.3 Å². The number of benzene rings is 1. The van der Waals surface area contributed by atoms with E-state index in [2.05, 4.69) is 21.9 Å². The largest absolute Gasteiger partial charge is 0.389 e. The minimum Gasteiger partial charge on any atom is -0.389 e. The molecule has 4 heteroatoms. The van der Waals surface area contributed by atoms with Gasteiger partial charge >= 0.3 is 0 Å². The van der Waals surface area contributed by atoms with Crippen molar-refractivity contribution in [2.75, 3.05) is 32.7 Å². The van der Waals surface area contributed by atoms with Gasteiger partial charge in [-0.25, -0.2) is 0 Å². The average molecular weight is 366 g/mol. The van der Waals surface area contributed by atoms with Gasteiger partial charge in [-0.1, -0.05) is 49.0 Å². The van der Waals surface area contributed by atoms with E-state index >= 15 is 0 Å². The Kier molecular flexibility index (Phi) is 6.26. The summed E-state index contributed by atoms with van der Waals surface area (Å²) in [5.41, 5.74) is 1.46. The van der Waals surface area contributed by atoms with Gasteiger partial charge in [-0.15, -0.1) is 0 Å². The topological polar surface area (TPSA) is 26.7 Å². The van der Waals surface area contributed by atoms with Gasteiger partial charge in [-0.2, -0.15) is 0 Å². The molecule has 27 heavy (non-hydrogen) atoms. The molecule has 1 unspecified atom stereocenters. The lowest BCUT2D eigenvalue weighted by atomic mass is 9.71. The van der Waals surface area contributed by atoms with Crippen molar-refractivity contribution in [1.82, 2.24) is 9.80 Å². The molecule has 0 spiro atoms. The Bertz CT molecular complexity index is 602. The van der Waals surface area contributed by atoms with Gasteiger partial charge in [-0.3, -0.25) is 0 Å². The van der Waals surface area contributed by atoms with E-state index in [4.69, 9.17) is 7.85 Å². The summed E-state index contributed by atoms with van der Waals surface area (Å²) >= 11 is 0. The van der Waals surface area contributed by atoms with Crippen LogP contribution in [0.4, 0.5) is 0 Å². The Hall–Kier alpha value is -0.835. The van der Waals surface area contributed by atoms with Crippen LogP contribution in [-0.4, -0.2) is 67.1 Å². The van der Waals surface area contributed by atoms with Gasteiger partial charge in [0.05, 0.1) is 5.60 Å². The molecule has 1 aromatic rings. The van der Waals surface area contributed by atoms with Crippen molar-refractivity contribution in [2.24, 2.45) is 0 Å². The molecule has 1 atom stereocenters. The van der Waals surface area contributed by atoms with Crippen molar-refractivity contribution in [2.45, 2.75) is 75.3 Å². The lowest BCUT2D eigenvalue weighted by Gasteiger charge is -2.44. The fourth-order valence-corrected chi connectivity index (χ4v) is 5.71. The molecule has 2 saturated heterocycles. The third kappa shape index (κ3) is 4.60. The van der Waals surface area contributed by atoms with Crippen LogP contribution in [0.5, 0.6) is 0 Å². The molecule has 0 bridgehead atoms. The molecule has 0 amide bonds. The SMILES string of the molecule is [B]c1cccc(C(CN2CCC(N3CCCC3)CC2)C2(O)CCCCC2)c1. The molecule has 3 nitrogen and oxygen atoms in total. The summed E-state index contributed by atoms with van der Waals surface area (Å²) in [6.07, 6.45) is 10.7. The number of rotatable bonds is 5. The second-order valence-electron chi connectivity index (χ2n) is 9.16. The van der Waals surface area contributed by atoms with Crippen LogP contribution < -0.4 is 5.46 Å². The maximum atomic E-state index is 11.6. The summed E-state index contributed by atoms with van der Waals surface area (Å²) in [6.45, 7) is 5.89. The van der Waals surface area contributed by atoms with Crippen molar-refractivity contribution >= 4 is 13.3 Å². The van der Waals surface area contributed by atoms with E-state index in [0.717, 1.165) is 56.8 Å². The highest BCUT2D eigenvalue weighted by Gasteiger charge is 2.40. The monoisotopic (exact) mass is 366 g/mol. The summed E-state index contributed by atoms with van der Waals surface area (Å²) in [5, 5.41) is 11.6. The Morgan fingerprint density at radius 1 is 1.00 bits per heavy atom. The van der Waals surface area contributed by atoms with E-state index in [-0.39, 0.29) is 5.92 Å². The molecule has 3 aliphatic rings. The first kappa shape index (κ1) is 19.5. The first-order valence-corrected chi connectivity index (χ1v) is 11.2. The van der Waals surface area contributed by atoms with Gasteiger partial charge < -0.3 is 14.9 Å². The van der Waals surface area contributed by atoms with Crippen LogP contribution >= 0.6 is 0 Å². The number of aliphatic hydroxyl groups is 1.